The van der Waals surface area contributed by atoms with Crippen molar-refractivity contribution in [1.82, 2.24) is 4.90 Å². The van der Waals surface area contributed by atoms with Crippen molar-refractivity contribution >= 4 is 11.9 Å². The number of rotatable bonds is 4. The first kappa shape index (κ1) is 14.3. The fourth-order valence-electron chi connectivity index (χ4n) is 3.30. The summed E-state index contributed by atoms with van der Waals surface area (Å²) in [6.07, 6.45) is 3.45. The normalized spacial score (nSPS) is 34.4. The zero-order valence-corrected chi connectivity index (χ0v) is 11.7. The van der Waals surface area contributed by atoms with E-state index < -0.39 is 11.9 Å². The van der Waals surface area contributed by atoms with Crippen LogP contribution < -0.4 is 0 Å². The number of nitrogens with zero attached hydrogens (tertiary/aromatic N) is 1. The Hall–Kier alpha value is -1.10. The van der Waals surface area contributed by atoms with Crippen LogP contribution in [0.3, 0.4) is 0 Å². The predicted molar refractivity (Wildman–Crippen MR) is 69.6 cm³/mol. The molecule has 5 heteroatoms. The highest BCUT2D eigenvalue weighted by molar-refractivity contribution is 5.85. The van der Waals surface area contributed by atoms with Crippen LogP contribution in [0.15, 0.2) is 0 Å². The van der Waals surface area contributed by atoms with Gasteiger partial charge >= 0.3 is 5.97 Å². The van der Waals surface area contributed by atoms with Crippen molar-refractivity contribution in [3.05, 3.63) is 0 Å². The van der Waals surface area contributed by atoms with Crippen molar-refractivity contribution in [3.63, 3.8) is 0 Å². The van der Waals surface area contributed by atoms with Gasteiger partial charge in [0.2, 0.25) is 5.91 Å². The first-order chi connectivity index (χ1) is 8.99. The molecule has 1 N–H and O–H groups in total. The summed E-state index contributed by atoms with van der Waals surface area (Å²) in [5.74, 6) is -1.44. The van der Waals surface area contributed by atoms with Gasteiger partial charge in [-0.15, -0.1) is 0 Å². The molecule has 0 aromatic heterocycles. The highest BCUT2D eigenvalue weighted by Gasteiger charge is 2.42. The number of aliphatic carboxylic acids is 1. The van der Waals surface area contributed by atoms with Gasteiger partial charge in [0.1, 0.15) is 0 Å². The average molecular weight is 269 g/mol. The molecule has 4 unspecified atom stereocenters. The van der Waals surface area contributed by atoms with Crippen LogP contribution in [0.4, 0.5) is 0 Å². The van der Waals surface area contributed by atoms with Crippen molar-refractivity contribution in [2.75, 3.05) is 20.2 Å². The number of ether oxygens (including phenoxy) is 1. The Labute approximate surface area is 113 Å². The lowest BCUT2D eigenvalue weighted by molar-refractivity contribution is -0.149. The molecule has 0 aromatic rings. The molecule has 1 saturated heterocycles. The fourth-order valence-corrected chi connectivity index (χ4v) is 3.30. The number of hydrogen-bond acceptors (Lipinski definition) is 3. The number of carboxylic acid groups (broad SMARTS) is 1. The molecule has 2 rings (SSSR count). The Bertz CT molecular complexity index is 351. The summed E-state index contributed by atoms with van der Waals surface area (Å²) < 4.78 is 5.52. The highest BCUT2D eigenvalue weighted by atomic mass is 16.5. The van der Waals surface area contributed by atoms with Gasteiger partial charge < -0.3 is 14.7 Å². The van der Waals surface area contributed by atoms with Crippen LogP contribution in [0, 0.1) is 17.8 Å². The fraction of sp³-hybridized carbons (Fsp3) is 0.857. The standard InChI is InChI=1S/C14H23NO4/c1-9-6-11(12(7-9)14(17)18)13(16)15(2)8-10-4-3-5-19-10/h9-12H,3-8H2,1-2H3,(H,17,18). The average Bonchev–Trinajstić information content (AvgIpc) is 2.97. The molecular weight excluding hydrogens is 246 g/mol. The number of carbonyl (C=O) groups excluding carboxylic acids is 1. The Morgan fingerprint density at radius 3 is 2.58 bits per heavy atom. The van der Waals surface area contributed by atoms with Gasteiger partial charge in [-0.2, -0.15) is 0 Å². The third-order valence-corrected chi connectivity index (χ3v) is 4.31. The van der Waals surface area contributed by atoms with Crippen LogP contribution in [0.2, 0.25) is 0 Å². The van der Waals surface area contributed by atoms with Gasteiger partial charge in [-0.25, -0.2) is 0 Å². The van der Waals surface area contributed by atoms with Crippen molar-refractivity contribution < 1.29 is 19.4 Å². The summed E-state index contributed by atoms with van der Waals surface area (Å²) in [5.41, 5.74) is 0. The molecule has 1 heterocycles. The molecule has 1 amide bonds. The van der Waals surface area contributed by atoms with Crippen LogP contribution in [-0.4, -0.2) is 48.2 Å². The first-order valence-electron chi connectivity index (χ1n) is 7.08. The lowest BCUT2D eigenvalue weighted by Crippen LogP contribution is -2.40. The maximum atomic E-state index is 12.4. The summed E-state index contributed by atoms with van der Waals surface area (Å²) in [4.78, 5) is 25.3. The summed E-state index contributed by atoms with van der Waals surface area (Å²) in [7, 11) is 1.76. The molecule has 0 radical (unpaired) electrons. The maximum Gasteiger partial charge on any atom is 0.307 e. The van der Waals surface area contributed by atoms with E-state index in [2.05, 4.69) is 0 Å². The largest absolute Gasteiger partial charge is 0.481 e. The van der Waals surface area contributed by atoms with Gasteiger partial charge in [0.05, 0.1) is 17.9 Å². The van der Waals surface area contributed by atoms with Crippen LogP contribution in [-0.2, 0) is 14.3 Å². The second kappa shape index (κ2) is 5.90. The lowest BCUT2D eigenvalue weighted by Gasteiger charge is -2.25. The minimum Gasteiger partial charge on any atom is -0.481 e. The molecule has 2 aliphatic rings. The molecule has 0 aromatic carbocycles. The topological polar surface area (TPSA) is 66.8 Å². The van der Waals surface area contributed by atoms with E-state index in [4.69, 9.17) is 4.74 Å². The summed E-state index contributed by atoms with van der Waals surface area (Å²) in [6.45, 7) is 3.37. The van der Waals surface area contributed by atoms with Crippen LogP contribution in [0.25, 0.3) is 0 Å². The quantitative estimate of drug-likeness (QED) is 0.837. The van der Waals surface area contributed by atoms with Crippen LogP contribution in [0.1, 0.15) is 32.6 Å². The van der Waals surface area contributed by atoms with E-state index in [0.717, 1.165) is 19.4 Å². The van der Waals surface area contributed by atoms with E-state index in [0.29, 0.717) is 25.3 Å². The van der Waals surface area contributed by atoms with Crippen molar-refractivity contribution in [3.8, 4) is 0 Å². The zero-order valence-electron chi connectivity index (χ0n) is 11.7. The van der Waals surface area contributed by atoms with Gasteiger partial charge in [0, 0.05) is 20.2 Å². The van der Waals surface area contributed by atoms with Gasteiger partial charge in [-0.1, -0.05) is 6.92 Å². The Morgan fingerprint density at radius 2 is 2.00 bits per heavy atom. The van der Waals surface area contributed by atoms with Gasteiger partial charge in [0.15, 0.2) is 0 Å². The molecular formula is C14H23NO4. The van der Waals surface area contributed by atoms with E-state index in [-0.39, 0.29) is 17.9 Å². The SMILES string of the molecule is CC1CC(C(=O)O)C(C(=O)N(C)CC2CCCO2)C1. The Balaban J connectivity index is 1.95. The highest BCUT2D eigenvalue weighted by Crippen LogP contribution is 2.37. The second-order valence-corrected chi connectivity index (χ2v) is 5.98. The van der Waals surface area contributed by atoms with Crippen LogP contribution in [0.5, 0.6) is 0 Å². The monoisotopic (exact) mass is 269 g/mol. The Kier molecular flexibility index (Phi) is 4.45. The third-order valence-electron chi connectivity index (χ3n) is 4.31. The molecule has 2 fully saturated rings. The van der Waals surface area contributed by atoms with E-state index >= 15 is 0 Å². The molecule has 0 spiro atoms. The smallest absolute Gasteiger partial charge is 0.307 e. The third kappa shape index (κ3) is 3.26. The number of amides is 1. The summed E-state index contributed by atoms with van der Waals surface area (Å²) >= 11 is 0. The van der Waals surface area contributed by atoms with Crippen LogP contribution >= 0.6 is 0 Å². The summed E-state index contributed by atoms with van der Waals surface area (Å²) in [5, 5.41) is 9.22. The summed E-state index contributed by atoms with van der Waals surface area (Å²) in [6, 6.07) is 0. The number of likely N-dealkylation sites (N-methyl/N-ethyl adjacent to an activating group) is 1. The van der Waals surface area contributed by atoms with E-state index in [1.165, 1.54) is 0 Å². The lowest BCUT2D eigenvalue weighted by atomic mass is 9.95. The van der Waals surface area contributed by atoms with E-state index in [1.54, 1.807) is 11.9 Å². The molecule has 0 bridgehead atoms. The molecule has 1 aliphatic carbocycles. The van der Waals surface area contributed by atoms with Gasteiger partial charge in [-0.05, 0) is 31.6 Å². The maximum absolute atomic E-state index is 12.4. The number of carboxylic acids is 1. The Morgan fingerprint density at radius 1 is 1.32 bits per heavy atom. The second-order valence-electron chi connectivity index (χ2n) is 5.98. The molecule has 1 aliphatic heterocycles. The number of hydrogen-bond donors (Lipinski definition) is 1. The minimum atomic E-state index is -0.840. The molecule has 5 nitrogen and oxygen atoms in total. The number of carbonyl (C=O) groups is 2. The molecule has 1 saturated carbocycles. The van der Waals surface area contributed by atoms with E-state index in [1.807, 2.05) is 6.92 Å². The molecule has 108 valence electrons. The first-order valence-corrected chi connectivity index (χ1v) is 7.08. The predicted octanol–water partition coefficient (Wildman–Crippen LogP) is 1.37. The molecule has 4 atom stereocenters. The molecule has 19 heavy (non-hydrogen) atoms. The van der Waals surface area contributed by atoms with Crippen molar-refractivity contribution in [2.45, 2.75) is 38.7 Å². The van der Waals surface area contributed by atoms with Crippen molar-refractivity contribution in [1.29, 1.82) is 0 Å². The van der Waals surface area contributed by atoms with Gasteiger partial charge in [0.25, 0.3) is 0 Å². The van der Waals surface area contributed by atoms with E-state index in [9.17, 15) is 14.7 Å². The van der Waals surface area contributed by atoms with Gasteiger partial charge in [-0.3, -0.25) is 9.59 Å². The minimum absolute atomic E-state index is 0.0350. The zero-order chi connectivity index (χ0) is 14.0. The van der Waals surface area contributed by atoms with Crippen molar-refractivity contribution in [2.24, 2.45) is 17.8 Å².